The Kier molecular flexibility index (Phi) is 6.29. The summed E-state index contributed by atoms with van der Waals surface area (Å²) in [6.07, 6.45) is 0. The van der Waals surface area contributed by atoms with Gasteiger partial charge in [-0.3, -0.25) is 0 Å². The maximum atomic E-state index is 6.04. The number of anilines is 4. The Morgan fingerprint density at radius 2 is 1.10 bits per heavy atom. The fraction of sp³-hybridized carbons (Fsp3) is 0.545. The molecule has 0 N–H and O–H groups in total. The molecule has 3 aliphatic rings. The second-order valence-corrected chi connectivity index (χ2v) is 8.47. The molecule has 0 amide bonds. The van der Waals surface area contributed by atoms with E-state index >= 15 is 0 Å². The molecule has 0 unspecified atom stereocenters. The van der Waals surface area contributed by atoms with Crippen LogP contribution < -0.4 is 19.6 Å². The summed E-state index contributed by atoms with van der Waals surface area (Å²) in [5.41, 5.74) is 1.21. The third-order valence-corrected chi connectivity index (χ3v) is 6.36. The maximum absolute atomic E-state index is 6.04. The Balaban J connectivity index is 1.35. The summed E-state index contributed by atoms with van der Waals surface area (Å²) in [7, 11) is 0. The average molecular weight is 445 g/mol. The third-order valence-electron chi connectivity index (χ3n) is 6.11. The van der Waals surface area contributed by atoms with Gasteiger partial charge in [-0.05, 0) is 24.3 Å². The van der Waals surface area contributed by atoms with Crippen LogP contribution in [0, 0.1) is 0 Å². The minimum atomic E-state index is 0.742. The van der Waals surface area contributed by atoms with Crippen LogP contribution in [0.4, 0.5) is 23.3 Å². The van der Waals surface area contributed by atoms with Crippen LogP contribution in [0.3, 0.4) is 0 Å². The molecule has 0 radical (unpaired) electrons. The SMILES string of the molecule is Clc1ccc(N2CCN(c3nc(N4CCOCC4)cc(N4CCOCC4)n3)CC2)cc1. The summed E-state index contributed by atoms with van der Waals surface area (Å²) in [6, 6.07) is 10.2. The van der Waals surface area contributed by atoms with Crippen LogP contribution in [-0.2, 0) is 9.47 Å². The number of ether oxygens (including phenoxy) is 2. The van der Waals surface area contributed by atoms with Crippen molar-refractivity contribution in [1.82, 2.24) is 9.97 Å². The molecule has 3 fully saturated rings. The van der Waals surface area contributed by atoms with Gasteiger partial charge < -0.3 is 29.1 Å². The molecular formula is C22H29ClN6O2. The topological polar surface area (TPSA) is 57.2 Å². The molecule has 0 spiro atoms. The predicted molar refractivity (Wildman–Crippen MR) is 124 cm³/mol. The molecule has 3 aliphatic heterocycles. The van der Waals surface area contributed by atoms with E-state index in [9.17, 15) is 0 Å². The number of benzene rings is 1. The van der Waals surface area contributed by atoms with Gasteiger partial charge in [0.25, 0.3) is 0 Å². The first-order valence-electron chi connectivity index (χ1n) is 11.1. The fourth-order valence-corrected chi connectivity index (χ4v) is 4.40. The summed E-state index contributed by atoms with van der Waals surface area (Å²) in [6.45, 7) is 10.1. The highest BCUT2D eigenvalue weighted by Crippen LogP contribution is 2.26. The number of hydrogen-bond acceptors (Lipinski definition) is 8. The summed E-state index contributed by atoms with van der Waals surface area (Å²) in [5, 5.41) is 0.770. The van der Waals surface area contributed by atoms with E-state index in [2.05, 4.69) is 37.8 Å². The second kappa shape index (κ2) is 9.46. The van der Waals surface area contributed by atoms with Gasteiger partial charge in [-0.25, -0.2) is 0 Å². The molecule has 5 rings (SSSR count). The van der Waals surface area contributed by atoms with E-state index < -0.39 is 0 Å². The van der Waals surface area contributed by atoms with E-state index in [1.165, 1.54) is 5.69 Å². The first-order valence-corrected chi connectivity index (χ1v) is 11.4. The minimum absolute atomic E-state index is 0.742. The Bertz CT molecular complexity index is 827. The zero-order valence-corrected chi connectivity index (χ0v) is 18.5. The van der Waals surface area contributed by atoms with Crippen molar-refractivity contribution in [2.24, 2.45) is 0 Å². The van der Waals surface area contributed by atoms with Crippen LogP contribution in [0.2, 0.25) is 5.02 Å². The maximum Gasteiger partial charge on any atom is 0.229 e. The van der Waals surface area contributed by atoms with E-state index in [0.717, 1.165) is 101 Å². The lowest BCUT2D eigenvalue weighted by molar-refractivity contribution is 0.122. The van der Waals surface area contributed by atoms with Crippen molar-refractivity contribution in [3.05, 3.63) is 35.4 Å². The molecule has 9 heteroatoms. The summed E-state index contributed by atoms with van der Waals surface area (Å²) < 4.78 is 11.1. The van der Waals surface area contributed by atoms with Gasteiger partial charge in [0.05, 0.1) is 26.4 Å². The van der Waals surface area contributed by atoms with Crippen LogP contribution in [0.1, 0.15) is 0 Å². The van der Waals surface area contributed by atoms with Gasteiger partial charge in [0.15, 0.2) is 0 Å². The lowest BCUT2D eigenvalue weighted by Gasteiger charge is -2.37. The molecule has 0 atom stereocenters. The number of hydrogen-bond donors (Lipinski definition) is 0. The third kappa shape index (κ3) is 4.81. The van der Waals surface area contributed by atoms with Crippen LogP contribution >= 0.6 is 11.6 Å². The van der Waals surface area contributed by atoms with Crippen molar-refractivity contribution < 1.29 is 9.47 Å². The molecule has 4 heterocycles. The number of aromatic nitrogens is 2. The van der Waals surface area contributed by atoms with Gasteiger partial charge in [-0.15, -0.1) is 0 Å². The largest absolute Gasteiger partial charge is 0.378 e. The molecule has 2 aromatic rings. The number of piperazine rings is 1. The molecule has 0 saturated carbocycles. The molecule has 166 valence electrons. The van der Waals surface area contributed by atoms with Crippen molar-refractivity contribution in [2.45, 2.75) is 0 Å². The van der Waals surface area contributed by atoms with E-state index in [0.29, 0.717) is 0 Å². The van der Waals surface area contributed by atoms with Crippen molar-refractivity contribution in [1.29, 1.82) is 0 Å². The van der Waals surface area contributed by atoms with Gasteiger partial charge in [-0.2, -0.15) is 9.97 Å². The van der Waals surface area contributed by atoms with Gasteiger partial charge >= 0.3 is 0 Å². The van der Waals surface area contributed by atoms with E-state index in [1.54, 1.807) is 0 Å². The second-order valence-electron chi connectivity index (χ2n) is 8.03. The fourth-order valence-electron chi connectivity index (χ4n) is 4.28. The average Bonchev–Trinajstić information content (AvgIpc) is 2.85. The predicted octanol–water partition coefficient (Wildman–Crippen LogP) is 2.13. The van der Waals surface area contributed by atoms with E-state index in [4.69, 9.17) is 31.0 Å². The smallest absolute Gasteiger partial charge is 0.229 e. The number of rotatable bonds is 4. The number of nitrogens with zero attached hydrogens (tertiary/aromatic N) is 6. The minimum Gasteiger partial charge on any atom is -0.378 e. The molecule has 1 aromatic carbocycles. The monoisotopic (exact) mass is 444 g/mol. The highest BCUT2D eigenvalue weighted by Gasteiger charge is 2.24. The van der Waals surface area contributed by atoms with Crippen molar-refractivity contribution >= 4 is 34.9 Å². The van der Waals surface area contributed by atoms with Crippen molar-refractivity contribution in [3.8, 4) is 0 Å². The normalized spacial score (nSPS) is 20.3. The van der Waals surface area contributed by atoms with E-state index in [1.807, 2.05) is 12.1 Å². The van der Waals surface area contributed by atoms with Crippen LogP contribution in [0.25, 0.3) is 0 Å². The molecule has 0 bridgehead atoms. The zero-order chi connectivity index (χ0) is 21.0. The lowest BCUT2D eigenvalue weighted by atomic mass is 10.2. The standard InChI is InChI=1S/C22H29ClN6O2/c23-18-1-3-19(4-2-18)26-5-7-29(8-6-26)22-24-20(27-9-13-30-14-10-27)17-21(25-22)28-11-15-31-16-12-28/h1-4,17H,5-16H2. The van der Waals surface area contributed by atoms with E-state index in [-0.39, 0.29) is 0 Å². The van der Waals surface area contributed by atoms with Crippen LogP contribution in [-0.4, -0.2) is 88.8 Å². The van der Waals surface area contributed by atoms with Crippen molar-refractivity contribution in [2.75, 3.05) is 98.4 Å². The Morgan fingerprint density at radius 3 is 1.61 bits per heavy atom. The van der Waals surface area contributed by atoms with Gasteiger partial charge in [0.1, 0.15) is 11.6 Å². The Hall–Kier alpha value is -2.29. The molecule has 31 heavy (non-hydrogen) atoms. The lowest BCUT2D eigenvalue weighted by Crippen LogP contribution is -2.47. The quantitative estimate of drug-likeness (QED) is 0.711. The molecule has 1 aromatic heterocycles. The van der Waals surface area contributed by atoms with Crippen LogP contribution in [0.15, 0.2) is 30.3 Å². The van der Waals surface area contributed by atoms with Crippen LogP contribution in [0.5, 0.6) is 0 Å². The number of morpholine rings is 2. The highest BCUT2D eigenvalue weighted by molar-refractivity contribution is 6.30. The molecular weight excluding hydrogens is 416 g/mol. The molecule has 8 nitrogen and oxygen atoms in total. The Labute approximate surface area is 188 Å². The van der Waals surface area contributed by atoms with Crippen molar-refractivity contribution in [3.63, 3.8) is 0 Å². The first-order chi connectivity index (χ1) is 15.3. The first kappa shape index (κ1) is 20.6. The summed E-state index contributed by atoms with van der Waals surface area (Å²) in [4.78, 5) is 19.3. The van der Waals surface area contributed by atoms with Gasteiger partial charge in [0, 0.05) is 69.1 Å². The van der Waals surface area contributed by atoms with Gasteiger partial charge in [-0.1, -0.05) is 11.6 Å². The Morgan fingerprint density at radius 1 is 0.613 bits per heavy atom. The summed E-state index contributed by atoms with van der Waals surface area (Å²) in [5.74, 6) is 2.81. The highest BCUT2D eigenvalue weighted by atomic mass is 35.5. The zero-order valence-electron chi connectivity index (χ0n) is 17.7. The molecule has 3 saturated heterocycles. The summed E-state index contributed by atoms with van der Waals surface area (Å²) >= 11 is 6.04. The number of halogens is 1. The van der Waals surface area contributed by atoms with Gasteiger partial charge in [0.2, 0.25) is 5.95 Å². The molecule has 0 aliphatic carbocycles.